The first-order valence-corrected chi connectivity index (χ1v) is 7.20. The van der Waals surface area contributed by atoms with Crippen molar-refractivity contribution < 1.29 is 4.74 Å². The van der Waals surface area contributed by atoms with Crippen LogP contribution >= 0.6 is 0 Å². The third-order valence-corrected chi connectivity index (χ3v) is 4.24. The van der Waals surface area contributed by atoms with Crippen LogP contribution in [0.3, 0.4) is 0 Å². The molecule has 1 aromatic carbocycles. The van der Waals surface area contributed by atoms with Crippen LogP contribution in [0.4, 0.5) is 0 Å². The molecule has 0 aromatic heterocycles. The van der Waals surface area contributed by atoms with Crippen LogP contribution in [0.5, 0.6) is 5.75 Å². The second kappa shape index (κ2) is 6.74. The molecule has 2 atom stereocenters. The average molecular weight is 273 g/mol. The summed E-state index contributed by atoms with van der Waals surface area (Å²) in [6.07, 6.45) is 2.48. The van der Waals surface area contributed by atoms with E-state index in [0.717, 1.165) is 18.7 Å². The molecular weight excluding hydrogens is 250 g/mol. The summed E-state index contributed by atoms with van der Waals surface area (Å²) in [6, 6.07) is 8.46. The molecule has 1 saturated heterocycles. The van der Waals surface area contributed by atoms with Gasteiger partial charge in [-0.2, -0.15) is 5.26 Å². The van der Waals surface area contributed by atoms with Crippen LogP contribution in [0.2, 0.25) is 0 Å². The smallest absolute Gasteiger partial charge is 0.136 e. The molecule has 0 bridgehead atoms. The minimum atomic E-state index is 0.441. The lowest BCUT2D eigenvalue weighted by Gasteiger charge is -2.39. The summed E-state index contributed by atoms with van der Waals surface area (Å²) in [5.74, 6) is 1.28. The first kappa shape index (κ1) is 14.8. The van der Waals surface area contributed by atoms with E-state index in [1.807, 2.05) is 18.2 Å². The van der Waals surface area contributed by atoms with Gasteiger partial charge >= 0.3 is 0 Å². The summed E-state index contributed by atoms with van der Waals surface area (Å²) in [6.45, 7) is 4.91. The van der Waals surface area contributed by atoms with E-state index in [1.165, 1.54) is 12.8 Å². The number of likely N-dealkylation sites (tertiary alicyclic amines) is 1. The standard InChI is InChI=1S/C16H23N3O/c1-12-4-3-7-19(15(12)10-18)11-13-5-6-16(20-2)14(8-13)9-17/h5-6,8,12,15H,3-4,7,10-11,18H2,1-2H3. The first-order chi connectivity index (χ1) is 9.69. The number of ether oxygens (including phenoxy) is 1. The molecule has 0 spiro atoms. The van der Waals surface area contributed by atoms with Gasteiger partial charge in [0.05, 0.1) is 12.7 Å². The maximum atomic E-state index is 9.16. The number of nitriles is 1. The fraction of sp³-hybridized carbons (Fsp3) is 0.562. The highest BCUT2D eigenvalue weighted by Gasteiger charge is 2.27. The summed E-state index contributed by atoms with van der Waals surface area (Å²) < 4.78 is 5.18. The molecule has 1 aromatic rings. The minimum Gasteiger partial charge on any atom is -0.495 e. The Labute approximate surface area is 121 Å². The molecule has 0 amide bonds. The predicted octanol–water partition coefficient (Wildman–Crippen LogP) is 2.13. The van der Waals surface area contributed by atoms with Crippen molar-refractivity contribution >= 4 is 0 Å². The molecule has 2 rings (SSSR count). The number of hydrogen-bond acceptors (Lipinski definition) is 4. The van der Waals surface area contributed by atoms with E-state index in [2.05, 4.69) is 17.9 Å². The van der Waals surface area contributed by atoms with Crippen molar-refractivity contribution in [1.82, 2.24) is 4.90 Å². The second-order valence-electron chi connectivity index (χ2n) is 5.54. The Kier molecular flexibility index (Phi) is 4.99. The maximum absolute atomic E-state index is 9.16. The predicted molar refractivity (Wildman–Crippen MR) is 79.4 cm³/mol. The molecule has 2 N–H and O–H groups in total. The van der Waals surface area contributed by atoms with Gasteiger partial charge in [0.25, 0.3) is 0 Å². The lowest BCUT2D eigenvalue weighted by atomic mass is 9.90. The van der Waals surface area contributed by atoms with Gasteiger partial charge in [-0.05, 0) is 43.0 Å². The highest BCUT2D eigenvalue weighted by Crippen LogP contribution is 2.26. The molecule has 0 saturated carbocycles. The Balaban J connectivity index is 2.15. The maximum Gasteiger partial charge on any atom is 0.136 e. The Morgan fingerprint density at radius 3 is 2.95 bits per heavy atom. The van der Waals surface area contributed by atoms with E-state index in [-0.39, 0.29) is 0 Å². The minimum absolute atomic E-state index is 0.441. The zero-order chi connectivity index (χ0) is 14.5. The molecule has 0 aliphatic carbocycles. The third kappa shape index (κ3) is 3.12. The Bertz CT molecular complexity index is 495. The molecule has 1 heterocycles. The lowest BCUT2D eigenvalue weighted by molar-refractivity contribution is 0.0990. The van der Waals surface area contributed by atoms with Crippen molar-refractivity contribution in [1.29, 1.82) is 5.26 Å². The summed E-state index contributed by atoms with van der Waals surface area (Å²) in [5.41, 5.74) is 7.67. The van der Waals surface area contributed by atoms with Crippen molar-refractivity contribution in [2.75, 3.05) is 20.2 Å². The van der Waals surface area contributed by atoms with Gasteiger partial charge in [0, 0.05) is 19.1 Å². The molecule has 4 heteroatoms. The number of piperidine rings is 1. The van der Waals surface area contributed by atoms with Gasteiger partial charge in [-0.25, -0.2) is 0 Å². The molecule has 4 nitrogen and oxygen atoms in total. The van der Waals surface area contributed by atoms with Crippen molar-refractivity contribution in [2.45, 2.75) is 32.4 Å². The number of rotatable bonds is 4. The monoisotopic (exact) mass is 273 g/mol. The lowest BCUT2D eigenvalue weighted by Crippen LogP contribution is -2.48. The van der Waals surface area contributed by atoms with Gasteiger partial charge in [0.2, 0.25) is 0 Å². The van der Waals surface area contributed by atoms with Gasteiger partial charge in [0.1, 0.15) is 11.8 Å². The summed E-state index contributed by atoms with van der Waals surface area (Å²) in [4.78, 5) is 2.44. The average Bonchev–Trinajstić information content (AvgIpc) is 2.47. The fourth-order valence-corrected chi connectivity index (χ4v) is 3.09. The van der Waals surface area contributed by atoms with E-state index in [0.29, 0.717) is 29.8 Å². The number of benzene rings is 1. The number of nitrogens with two attached hydrogens (primary N) is 1. The van der Waals surface area contributed by atoms with Crippen LogP contribution in [-0.4, -0.2) is 31.1 Å². The second-order valence-corrected chi connectivity index (χ2v) is 5.54. The van der Waals surface area contributed by atoms with Crippen molar-refractivity contribution in [3.8, 4) is 11.8 Å². The first-order valence-electron chi connectivity index (χ1n) is 7.20. The van der Waals surface area contributed by atoms with E-state index >= 15 is 0 Å². The van der Waals surface area contributed by atoms with Crippen LogP contribution in [0.15, 0.2) is 18.2 Å². The van der Waals surface area contributed by atoms with E-state index < -0.39 is 0 Å². The Morgan fingerprint density at radius 2 is 2.30 bits per heavy atom. The number of methoxy groups -OCH3 is 1. The van der Waals surface area contributed by atoms with E-state index in [1.54, 1.807) is 7.11 Å². The van der Waals surface area contributed by atoms with E-state index in [4.69, 9.17) is 15.7 Å². The normalized spacial score (nSPS) is 23.3. The van der Waals surface area contributed by atoms with Gasteiger partial charge in [-0.15, -0.1) is 0 Å². The van der Waals surface area contributed by atoms with Gasteiger partial charge < -0.3 is 10.5 Å². The zero-order valence-corrected chi connectivity index (χ0v) is 12.3. The number of nitrogens with zero attached hydrogens (tertiary/aromatic N) is 2. The molecule has 1 aliphatic heterocycles. The molecule has 20 heavy (non-hydrogen) atoms. The summed E-state index contributed by atoms with van der Waals surface area (Å²) in [7, 11) is 1.59. The Morgan fingerprint density at radius 1 is 1.50 bits per heavy atom. The van der Waals surface area contributed by atoms with Gasteiger partial charge in [-0.3, -0.25) is 4.90 Å². The molecule has 1 fully saturated rings. The fourth-order valence-electron chi connectivity index (χ4n) is 3.09. The van der Waals surface area contributed by atoms with Gasteiger partial charge in [0.15, 0.2) is 0 Å². The molecular formula is C16H23N3O. The molecule has 2 unspecified atom stereocenters. The van der Waals surface area contributed by atoms with E-state index in [9.17, 15) is 0 Å². The zero-order valence-electron chi connectivity index (χ0n) is 12.3. The summed E-state index contributed by atoms with van der Waals surface area (Å²) >= 11 is 0. The van der Waals surface area contributed by atoms with Crippen LogP contribution in [0, 0.1) is 17.2 Å². The largest absolute Gasteiger partial charge is 0.495 e. The summed E-state index contributed by atoms with van der Waals surface area (Å²) in [5, 5.41) is 9.16. The van der Waals surface area contributed by atoms with Crippen LogP contribution < -0.4 is 10.5 Å². The van der Waals surface area contributed by atoms with Crippen molar-refractivity contribution in [2.24, 2.45) is 11.7 Å². The van der Waals surface area contributed by atoms with Crippen LogP contribution in [0.25, 0.3) is 0 Å². The van der Waals surface area contributed by atoms with Crippen molar-refractivity contribution in [3.05, 3.63) is 29.3 Å². The topological polar surface area (TPSA) is 62.3 Å². The molecule has 108 valence electrons. The van der Waals surface area contributed by atoms with Gasteiger partial charge in [-0.1, -0.05) is 13.0 Å². The Hall–Kier alpha value is -1.57. The van der Waals surface area contributed by atoms with Crippen LogP contribution in [-0.2, 0) is 6.54 Å². The molecule has 1 aliphatic rings. The highest BCUT2D eigenvalue weighted by molar-refractivity contribution is 5.45. The highest BCUT2D eigenvalue weighted by atomic mass is 16.5. The van der Waals surface area contributed by atoms with Crippen molar-refractivity contribution in [3.63, 3.8) is 0 Å². The SMILES string of the molecule is COc1ccc(CN2CCCC(C)C2CN)cc1C#N. The quantitative estimate of drug-likeness (QED) is 0.913. The number of hydrogen-bond donors (Lipinski definition) is 1. The molecule has 0 radical (unpaired) electrons. The van der Waals surface area contributed by atoms with Crippen LogP contribution in [0.1, 0.15) is 30.9 Å². The third-order valence-electron chi connectivity index (χ3n) is 4.24.